The maximum Gasteiger partial charge on any atom is 0.267 e. The second-order valence-corrected chi connectivity index (χ2v) is 8.17. The molecule has 1 aliphatic heterocycles. The monoisotopic (exact) mass is 451 g/mol. The molecule has 1 aliphatic rings. The molecule has 0 saturated carbocycles. The zero-order chi connectivity index (χ0) is 23.8. The minimum atomic E-state index is -0.110. The van der Waals surface area contributed by atoms with E-state index in [0.29, 0.717) is 42.1 Å². The predicted octanol–water partition coefficient (Wildman–Crippen LogP) is 3.11. The Morgan fingerprint density at radius 3 is 2.45 bits per heavy atom. The van der Waals surface area contributed by atoms with E-state index in [0.717, 1.165) is 18.5 Å². The van der Waals surface area contributed by atoms with Crippen LogP contribution >= 0.6 is 0 Å². The summed E-state index contributed by atoms with van der Waals surface area (Å²) in [6.45, 7) is 1.34. The van der Waals surface area contributed by atoms with Crippen LogP contribution < -0.4 is 14.8 Å². The van der Waals surface area contributed by atoms with Gasteiger partial charge in [-0.2, -0.15) is 0 Å². The number of likely N-dealkylation sites (N-methyl/N-ethyl adjacent to an activating group) is 2. The van der Waals surface area contributed by atoms with E-state index in [2.05, 4.69) is 17.4 Å². The molecular formula is C26H33N3O4. The second-order valence-electron chi connectivity index (χ2n) is 8.17. The zero-order valence-electron chi connectivity index (χ0n) is 19.8. The molecular weight excluding hydrogens is 418 g/mol. The van der Waals surface area contributed by atoms with Crippen LogP contribution in [-0.4, -0.2) is 69.1 Å². The van der Waals surface area contributed by atoms with E-state index >= 15 is 0 Å². The van der Waals surface area contributed by atoms with E-state index in [4.69, 9.17) is 9.47 Å². The number of carbonyl (C=O) groups excluding carboxylic acids is 2. The number of amides is 2. The standard InChI is InChI=1S/C26H33N3O4/c1-28-16-8-11-22(28)25(30)27-15-14-21(17-19-9-6-5-7-10-19)29(2)26(31)20-12-13-23(32-3)24(18-20)33-4/h5-7,9-13,18,21H,8,14-17H2,1-4H3,(H,27,30)/t21-/m1/s1. The van der Waals surface area contributed by atoms with Crippen LogP contribution in [-0.2, 0) is 11.2 Å². The molecule has 0 radical (unpaired) electrons. The Morgan fingerprint density at radius 1 is 1.09 bits per heavy atom. The van der Waals surface area contributed by atoms with Gasteiger partial charge in [0.15, 0.2) is 11.5 Å². The third-order valence-corrected chi connectivity index (χ3v) is 6.02. The molecule has 2 aromatic rings. The van der Waals surface area contributed by atoms with E-state index in [9.17, 15) is 9.59 Å². The van der Waals surface area contributed by atoms with Gasteiger partial charge < -0.3 is 24.6 Å². The molecule has 1 N–H and O–H groups in total. The number of methoxy groups -OCH3 is 2. The third kappa shape index (κ3) is 6.06. The van der Waals surface area contributed by atoms with Gasteiger partial charge in [0.2, 0.25) is 0 Å². The van der Waals surface area contributed by atoms with Gasteiger partial charge in [0, 0.05) is 38.8 Å². The van der Waals surface area contributed by atoms with Crippen molar-refractivity contribution in [1.82, 2.24) is 15.1 Å². The molecule has 7 nitrogen and oxygen atoms in total. The highest BCUT2D eigenvalue weighted by Gasteiger charge is 2.24. The third-order valence-electron chi connectivity index (χ3n) is 6.02. The average molecular weight is 452 g/mol. The van der Waals surface area contributed by atoms with Crippen molar-refractivity contribution in [1.29, 1.82) is 0 Å². The zero-order valence-corrected chi connectivity index (χ0v) is 19.8. The van der Waals surface area contributed by atoms with Gasteiger partial charge in [-0.15, -0.1) is 0 Å². The highest BCUT2D eigenvalue weighted by molar-refractivity contribution is 5.95. The summed E-state index contributed by atoms with van der Waals surface area (Å²) in [6, 6.07) is 15.1. The molecule has 2 amide bonds. The molecule has 0 fully saturated rings. The summed E-state index contributed by atoms with van der Waals surface area (Å²) in [5, 5.41) is 3.01. The highest BCUT2D eigenvalue weighted by atomic mass is 16.5. The van der Waals surface area contributed by atoms with E-state index < -0.39 is 0 Å². The van der Waals surface area contributed by atoms with Gasteiger partial charge in [-0.1, -0.05) is 36.4 Å². The van der Waals surface area contributed by atoms with E-state index in [1.807, 2.05) is 43.3 Å². The summed E-state index contributed by atoms with van der Waals surface area (Å²) in [5.74, 6) is 0.910. The maximum absolute atomic E-state index is 13.3. The summed E-state index contributed by atoms with van der Waals surface area (Å²) in [4.78, 5) is 29.6. The molecule has 7 heteroatoms. The first-order chi connectivity index (χ1) is 15.9. The lowest BCUT2D eigenvalue weighted by Crippen LogP contribution is -2.41. The molecule has 1 atom stereocenters. The Balaban J connectivity index is 1.72. The van der Waals surface area contributed by atoms with Gasteiger partial charge in [0.25, 0.3) is 11.8 Å². The number of hydrogen-bond acceptors (Lipinski definition) is 5. The first kappa shape index (κ1) is 24.2. The molecule has 0 unspecified atom stereocenters. The van der Waals surface area contributed by atoms with E-state index in [1.54, 1.807) is 37.3 Å². The summed E-state index contributed by atoms with van der Waals surface area (Å²) in [7, 11) is 6.84. The quantitative estimate of drug-likeness (QED) is 0.601. The van der Waals surface area contributed by atoms with Gasteiger partial charge >= 0.3 is 0 Å². The van der Waals surface area contributed by atoms with Crippen molar-refractivity contribution in [3.05, 3.63) is 71.4 Å². The molecule has 0 bridgehead atoms. The van der Waals surface area contributed by atoms with Crippen LogP contribution in [0.4, 0.5) is 0 Å². The first-order valence-corrected chi connectivity index (χ1v) is 11.2. The van der Waals surface area contributed by atoms with Gasteiger partial charge in [-0.05, 0) is 43.0 Å². The molecule has 0 spiro atoms. The normalized spacial score (nSPS) is 13.8. The fourth-order valence-electron chi connectivity index (χ4n) is 4.04. The Labute approximate surface area is 196 Å². The minimum absolute atomic E-state index is 0.0673. The van der Waals surface area contributed by atoms with E-state index in [-0.39, 0.29) is 17.9 Å². The number of benzene rings is 2. The molecule has 0 aromatic heterocycles. The Kier molecular flexibility index (Phi) is 8.35. The van der Waals surface area contributed by atoms with Crippen LogP contribution in [0.25, 0.3) is 0 Å². The number of rotatable bonds is 10. The van der Waals surface area contributed by atoms with Gasteiger partial charge in [0.05, 0.1) is 19.9 Å². The lowest BCUT2D eigenvalue weighted by Gasteiger charge is -2.29. The Bertz CT molecular complexity index is 990. The fraction of sp³-hybridized carbons (Fsp3) is 0.385. The average Bonchev–Trinajstić information content (AvgIpc) is 3.28. The lowest BCUT2D eigenvalue weighted by atomic mass is 10.0. The van der Waals surface area contributed by atoms with Crippen molar-refractivity contribution in [3.63, 3.8) is 0 Å². The van der Waals surface area contributed by atoms with Crippen LogP contribution in [0, 0.1) is 0 Å². The topological polar surface area (TPSA) is 71.1 Å². The van der Waals surface area contributed by atoms with Gasteiger partial charge in [0.1, 0.15) is 0 Å². The summed E-state index contributed by atoms with van der Waals surface area (Å²) >= 11 is 0. The van der Waals surface area contributed by atoms with E-state index in [1.165, 1.54) is 0 Å². The van der Waals surface area contributed by atoms with Crippen molar-refractivity contribution < 1.29 is 19.1 Å². The molecule has 33 heavy (non-hydrogen) atoms. The summed E-state index contributed by atoms with van der Waals surface area (Å²) in [5.41, 5.74) is 2.37. The van der Waals surface area contributed by atoms with Crippen molar-refractivity contribution >= 4 is 11.8 Å². The van der Waals surface area contributed by atoms with Crippen molar-refractivity contribution in [3.8, 4) is 11.5 Å². The van der Waals surface area contributed by atoms with Crippen LogP contribution in [0.3, 0.4) is 0 Å². The number of ether oxygens (including phenoxy) is 2. The molecule has 2 aromatic carbocycles. The predicted molar refractivity (Wildman–Crippen MR) is 129 cm³/mol. The molecule has 0 saturated heterocycles. The number of hydrogen-bond donors (Lipinski definition) is 1. The van der Waals surface area contributed by atoms with Gasteiger partial charge in [-0.25, -0.2) is 0 Å². The van der Waals surface area contributed by atoms with Gasteiger partial charge in [-0.3, -0.25) is 9.59 Å². The Morgan fingerprint density at radius 2 is 1.82 bits per heavy atom. The summed E-state index contributed by atoms with van der Waals surface area (Å²) in [6.07, 6.45) is 4.17. The van der Waals surface area contributed by atoms with Crippen molar-refractivity contribution in [2.24, 2.45) is 0 Å². The molecule has 176 valence electrons. The van der Waals surface area contributed by atoms with Crippen LogP contribution in [0.15, 0.2) is 60.3 Å². The smallest absolute Gasteiger partial charge is 0.267 e. The summed E-state index contributed by atoms with van der Waals surface area (Å²) < 4.78 is 10.6. The molecule has 3 rings (SSSR count). The first-order valence-electron chi connectivity index (χ1n) is 11.2. The number of nitrogens with one attached hydrogen (secondary N) is 1. The molecule has 1 heterocycles. The fourth-order valence-corrected chi connectivity index (χ4v) is 4.04. The lowest BCUT2D eigenvalue weighted by molar-refractivity contribution is -0.118. The van der Waals surface area contributed by atoms with Crippen LogP contribution in [0.5, 0.6) is 11.5 Å². The number of carbonyl (C=O) groups is 2. The molecule has 0 aliphatic carbocycles. The second kappa shape index (κ2) is 11.4. The maximum atomic E-state index is 13.3. The Hall–Kier alpha value is -3.48. The largest absolute Gasteiger partial charge is 0.493 e. The van der Waals surface area contributed by atoms with Crippen molar-refractivity contribution in [2.75, 3.05) is 41.4 Å². The van der Waals surface area contributed by atoms with Crippen LogP contribution in [0.1, 0.15) is 28.8 Å². The van der Waals surface area contributed by atoms with Crippen LogP contribution in [0.2, 0.25) is 0 Å². The minimum Gasteiger partial charge on any atom is -0.493 e. The highest BCUT2D eigenvalue weighted by Crippen LogP contribution is 2.28. The SMILES string of the molecule is COc1ccc(C(=O)N(C)[C@H](CCNC(=O)C2=CCCN2C)Cc2ccccc2)cc1OC. The van der Waals surface area contributed by atoms with Crippen molar-refractivity contribution in [2.45, 2.75) is 25.3 Å². The number of nitrogens with zero attached hydrogens (tertiary/aromatic N) is 2.